The third-order valence-corrected chi connectivity index (χ3v) is 2.62. The summed E-state index contributed by atoms with van der Waals surface area (Å²) in [7, 11) is 0. The zero-order chi connectivity index (χ0) is 15.6. The molecule has 108 valence electrons. The number of rotatable bonds is 3. The molecule has 1 aromatic heterocycles. The Labute approximate surface area is 120 Å². The van der Waals surface area contributed by atoms with Crippen LogP contribution in [0.2, 0.25) is 5.02 Å². The van der Waals surface area contributed by atoms with Gasteiger partial charge in [-0.05, 0) is 23.1 Å². The van der Waals surface area contributed by atoms with Crippen LogP contribution in [0.15, 0.2) is 38.7 Å². The van der Waals surface area contributed by atoms with Crippen molar-refractivity contribution in [2.24, 2.45) is 5.16 Å². The smallest absolute Gasteiger partial charge is 0.358 e. The zero-order valence-corrected chi connectivity index (χ0v) is 10.8. The normalized spacial score (nSPS) is 11.4. The highest BCUT2D eigenvalue weighted by molar-refractivity contribution is 6.42. The molecule has 0 saturated heterocycles. The van der Waals surface area contributed by atoms with E-state index in [4.69, 9.17) is 22.2 Å². The zero-order valence-electron chi connectivity index (χ0n) is 10.1. The van der Waals surface area contributed by atoms with Gasteiger partial charge in [0.05, 0.1) is 5.69 Å². The Morgan fingerprint density at radius 3 is 2.86 bits per heavy atom. The molecule has 11 heteroatoms. The first kappa shape index (κ1) is 14.4. The largest absolute Gasteiger partial charge is 0.446 e. The molecule has 0 unspecified atom stereocenters. The lowest BCUT2D eigenvalue weighted by atomic mass is 10.3. The van der Waals surface area contributed by atoms with Gasteiger partial charge >= 0.3 is 11.6 Å². The van der Waals surface area contributed by atoms with Crippen LogP contribution in [-0.2, 0) is 0 Å². The second kappa shape index (κ2) is 5.54. The third kappa shape index (κ3) is 2.65. The molecule has 0 radical (unpaired) electrons. The van der Waals surface area contributed by atoms with Crippen LogP contribution in [0.3, 0.4) is 0 Å². The Balaban J connectivity index is 2.61. The summed E-state index contributed by atoms with van der Waals surface area (Å²) in [6.07, 6.45) is 0. The van der Waals surface area contributed by atoms with Gasteiger partial charge in [0.2, 0.25) is 11.5 Å². The van der Waals surface area contributed by atoms with Crippen molar-refractivity contribution in [2.75, 3.05) is 0 Å². The highest BCUT2D eigenvalue weighted by Gasteiger charge is 2.29. The number of oxime groups is 1. The number of halogens is 1. The molecule has 0 aliphatic carbocycles. The van der Waals surface area contributed by atoms with Gasteiger partial charge in [0.1, 0.15) is 0 Å². The summed E-state index contributed by atoms with van der Waals surface area (Å²) >= 11 is 5.79. The quantitative estimate of drug-likeness (QED) is 0.283. The van der Waals surface area contributed by atoms with Crippen LogP contribution in [0.25, 0.3) is 5.69 Å². The number of hydrogen-bond donors (Lipinski definition) is 2. The number of hydrogen-bond acceptors (Lipinski definition) is 8. The molecule has 0 saturated carbocycles. The van der Waals surface area contributed by atoms with Crippen LogP contribution in [0, 0.1) is 15.5 Å². The molecule has 0 aliphatic heterocycles. The molecule has 0 amide bonds. The van der Waals surface area contributed by atoms with Crippen LogP contribution in [0.5, 0.6) is 0 Å². The lowest BCUT2D eigenvalue weighted by Crippen LogP contribution is -2.28. The first-order valence-electron chi connectivity index (χ1n) is 5.26. The second-order valence-corrected chi connectivity index (χ2v) is 4.08. The van der Waals surface area contributed by atoms with Crippen molar-refractivity contribution in [1.82, 2.24) is 9.72 Å². The van der Waals surface area contributed by atoms with E-state index in [-0.39, 0.29) is 5.69 Å². The van der Waals surface area contributed by atoms with Crippen molar-refractivity contribution in [3.8, 4) is 5.69 Å². The molecule has 0 spiro atoms. The standard InChI is InChI=1S/C10H6ClN5O5/c11-5-2-1-3-6(4-5)15-9(14-21-10(15)17)7(12)8(13-18)16(19)20/h1-4,12,18H/b12-7?,13-8+. The van der Waals surface area contributed by atoms with Crippen LogP contribution in [-0.4, -0.2) is 31.4 Å². The molecule has 0 aliphatic rings. The summed E-state index contributed by atoms with van der Waals surface area (Å²) in [6.45, 7) is 0. The Kier molecular flexibility index (Phi) is 3.80. The minimum Gasteiger partial charge on any atom is -0.358 e. The van der Waals surface area contributed by atoms with Gasteiger partial charge in [0.15, 0.2) is 5.16 Å². The van der Waals surface area contributed by atoms with Gasteiger partial charge in [0, 0.05) is 5.02 Å². The Morgan fingerprint density at radius 1 is 1.57 bits per heavy atom. The van der Waals surface area contributed by atoms with Gasteiger partial charge in [-0.15, -0.1) is 0 Å². The van der Waals surface area contributed by atoms with E-state index in [0.717, 1.165) is 4.57 Å². The summed E-state index contributed by atoms with van der Waals surface area (Å²) in [5.41, 5.74) is -0.706. The number of aromatic nitrogens is 2. The highest BCUT2D eigenvalue weighted by atomic mass is 35.5. The SMILES string of the molecule is N=C(/C(=N\O)[N+](=O)[O-])c1noc(=O)n1-c1cccc(Cl)c1. The van der Waals surface area contributed by atoms with Gasteiger partial charge in [-0.3, -0.25) is 9.93 Å². The van der Waals surface area contributed by atoms with E-state index in [1.807, 2.05) is 0 Å². The molecule has 0 atom stereocenters. The topological polar surface area (TPSA) is 148 Å². The Hall–Kier alpha value is -3.01. The van der Waals surface area contributed by atoms with Crippen molar-refractivity contribution in [3.63, 3.8) is 0 Å². The van der Waals surface area contributed by atoms with Crippen molar-refractivity contribution in [1.29, 1.82) is 5.41 Å². The maximum atomic E-state index is 11.7. The number of benzene rings is 1. The first-order chi connectivity index (χ1) is 9.95. The third-order valence-electron chi connectivity index (χ3n) is 2.39. The van der Waals surface area contributed by atoms with E-state index >= 15 is 0 Å². The predicted octanol–water partition coefficient (Wildman–Crippen LogP) is 0.911. The van der Waals surface area contributed by atoms with Gasteiger partial charge in [-0.2, -0.15) is 0 Å². The molecule has 0 fully saturated rings. The average molecular weight is 312 g/mol. The molecular weight excluding hydrogens is 306 g/mol. The van der Waals surface area contributed by atoms with E-state index in [9.17, 15) is 14.9 Å². The molecule has 2 aromatic rings. The van der Waals surface area contributed by atoms with E-state index in [0.29, 0.717) is 5.02 Å². The maximum Gasteiger partial charge on any atom is 0.446 e. The van der Waals surface area contributed by atoms with E-state index in [1.54, 1.807) is 6.07 Å². The fraction of sp³-hybridized carbons (Fsp3) is 0. The Bertz CT molecular complexity index is 808. The molecule has 1 heterocycles. The van der Waals surface area contributed by atoms with E-state index in [2.05, 4.69) is 14.8 Å². The van der Waals surface area contributed by atoms with Crippen molar-refractivity contribution in [2.45, 2.75) is 0 Å². The predicted molar refractivity (Wildman–Crippen MR) is 70.2 cm³/mol. The van der Waals surface area contributed by atoms with Gasteiger partial charge in [-0.1, -0.05) is 22.8 Å². The summed E-state index contributed by atoms with van der Waals surface area (Å²) in [6, 6.07) is 5.91. The number of nitrogens with one attached hydrogen (secondary N) is 1. The minimum atomic E-state index is -1.18. The fourth-order valence-electron chi connectivity index (χ4n) is 1.53. The monoisotopic (exact) mass is 311 g/mol. The average Bonchev–Trinajstić information content (AvgIpc) is 2.80. The van der Waals surface area contributed by atoms with Crippen molar-refractivity contribution < 1.29 is 14.7 Å². The molecular formula is C10H6ClN5O5. The minimum absolute atomic E-state index is 0.189. The number of nitrogens with zero attached hydrogens (tertiary/aromatic N) is 4. The Morgan fingerprint density at radius 2 is 2.29 bits per heavy atom. The van der Waals surface area contributed by atoms with Gasteiger partial charge in [-0.25, -0.2) is 9.36 Å². The van der Waals surface area contributed by atoms with E-state index in [1.165, 1.54) is 18.2 Å². The maximum absolute atomic E-state index is 11.7. The van der Waals surface area contributed by atoms with Gasteiger partial charge in [0.25, 0.3) is 0 Å². The van der Waals surface area contributed by atoms with Crippen LogP contribution >= 0.6 is 11.6 Å². The van der Waals surface area contributed by atoms with Crippen LogP contribution in [0.4, 0.5) is 0 Å². The lowest BCUT2D eigenvalue weighted by molar-refractivity contribution is -0.348. The van der Waals surface area contributed by atoms with Crippen LogP contribution in [0.1, 0.15) is 5.82 Å². The summed E-state index contributed by atoms with van der Waals surface area (Å²) in [5.74, 6) is -2.65. The summed E-state index contributed by atoms with van der Waals surface area (Å²) in [5, 5.41) is 32.8. The summed E-state index contributed by atoms with van der Waals surface area (Å²) < 4.78 is 5.19. The van der Waals surface area contributed by atoms with E-state index < -0.39 is 28.1 Å². The fourth-order valence-corrected chi connectivity index (χ4v) is 1.71. The molecule has 21 heavy (non-hydrogen) atoms. The molecule has 10 nitrogen and oxygen atoms in total. The number of amidine groups is 1. The van der Waals surface area contributed by atoms with Gasteiger partial charge < -0.3 is 15.3 Å². The molecule has 1 aromatic carbocycles. The van der Waals surface area contributed by atoms with Crippen LogP contribution < -0.4 is 5.76 Å². The number of nitro groups is 1. The summed E-state index contributed by atoms with van der Waals surface area (Å²) in [4.78, 5) is 21.2. The lowest BCUT2D eigenvalue weighted by Gasteiger charge is -2.04. The van der Waals surface area contributed by atoms with Crippen molar-refractivity contribution >= 4 is 23.1 Å². The molecule has 0 bridgehead atoms. The second-order valence-electron chi connectivity index (χ2n) is 3.64. The first-order valence-corrected chi connectivity index (χ1v) is 5.64. The molecule has 2 N–H and O–H groups in total. The highest BCUT2D eigenvalue weighted by Crippen LogP contribution is 2.15. The van der Waals surface area contributed by atoms with Crippen molar-refractivity contribution in [3.05, 3.63) is 55.8 Å². The molecule has 2 rings (SSSR count).